The molecule has 5 nitrogen and oxygen atoms in total. The standard InChI is InChI=1S/C19H22N4O/c1-13-7-8-16(11-14(13)2)22-19(20)21-9-10-23-17-6-4-3-5-15(17)12-18(23)24/h3-8,11H,9-10,12H2,1-2H3,(H3,20,21,22). The third-order valence-electron chi connectivity index (χ3n) is 4.31. The van der Waals surface area contributed by atoms with Crippen molar-refractivity contribution in [2.75, 3.05) is 23.3 Å². The highest BCUT2D eigenvalue weighted by atomic mass is 16.2. The van der Waals surface area contributed by atoms with Crippen LogP contribution in [0.2, 0.25) is 0 Å². The van der Waals surface area contributed by atoms with Gasteiger partial charge in [-0.3, -0.25) is 9.79 Å². The molecule has 1 heterocycles. The normalized spacial score (nSPS) is 14.0. The van der Waals surface area contributed by atoms with E-state index in [0.717, 1.165) is 16.9 Å². The maximum Gasteiger partial charge on any atom is 0.231 e. The first-order valence-electron chi connectivity index (χ1n) is 8.07. The highest BCUT2D eigenvalue weighted by Gasteiger charge is 2.25. The summed E-state index contributed by atoms with van der Waals surface area (Å²) in [7, 11) is 0. The summed E-state index contributed by atoms with van der Waals surface area (Å²) in [6.07, 6.45) is 0.469. The Morgan fingerprint density at radius 3 is 2.79 bits per heavy atom. The molecule has 0 radical (unpaired) electrons. The molecule has 0 atom stereocenters. The second-order valence-corrected chi connectivity index (χ2v) is 6.04. The number of aryl methyl sites for hydroxylation is 2. The van der Waals surface area contributed by atoms with Crippen molar-refractivity contribution < 1.29 is 4.79 Å². The van der Waals surface area contributed by atoms with Crippen molar-refractivity contribution in [2.45, 2.75) is 20.3 Å². The van der Waals surface area contributed by atoms with Gasteiger partial charge in [0.05, 0.1) is 13.0 Å². The minimum absolute atomic E-state index is 0.118. The van der Waals surface area contributed by atoms with Gasteiger partial charge in [0.1, 0.15) is 0 Å². The van der Waals surface area contributed by atoms with E-state index in [2.05, 4.69) is 24.2 Å². The zero-order chi connectivity index (χ0) is 17.1. The number of hydrogen-bond donors (Lipinski definition) is 2. The number of nitrogens with one attached hydrogen (secondary N) is 1. The summed E-state index contributed by atoms with van der Waals surface area (Å²) in [5, 5.41) is 3.09. The van der Waals surface area contributed by atoms with Gasteiger partial charge >= 0.3 is 0 Å². The lowest BCUT2D eigenvalue weighted by Crippen LogP contribution is -2.31. The largest absolute Gasteiger partial charge is 0.370 e. The molecule has 24 heavy (non-hydrogen) atoms. The molecule has 3 N–H and O–H groups in total. The van der Waals surface area contributed by atoms with Crippen molar-refractivity contribution in [3.05, 3.63) is 59.2 Å². The number of benzene rings is 2. The Morgan fingerprint density at radius 2 is 2.00 bits per heavy atom. The molecule has 0 saturated heterocycles. The number of anilines is 2. The molecular formula is C19H22N4O. The van der Waals surface area contributed by atoms with Gasteiger partial charge in [-0.15, -0.1) is 0 Å². The maximum atomic E-state index is 12.1. The van der Waals surface area contributed by atoms with E-state index in [0.29, 0.717) is 25.5 Å². The molecule has 5 heteroatoms. The van der Waals surface area contributed by atoms with Gasteiger partial charge in [0.2, 0.25) is 5.91 Å². The quantitative estimate of drug-likeness (QED) is 0.671. The number of guanidine groups is 1. The molecule has 1 aliphatic rings. The highest BCUT2D eigenvalue weighted by Crippen LogP contribution is 2.27. The lowest BCUT2D eigenvalue weighted by molar-refractivity contribution is -0.117. The van der Waals surface area contributed by atoms with Gasteiger partial charge in [0.25, 0.3) is 0 Å². The second-order valence-electron chi connectivity index (χ2n) is 6.04. The third kappa shape index (κ3) is 3.40. The van der Waals surface area contributed by atoms with Crippen LogP contribution in [0.25, 0.3) is 0 Å². The number of nitrogens with two attached hydrogens (primary N) is 1. The Balaban J connectivity index is 1.60. The number of carbonyl (C=O) groups is 1. The fourth-order valence-corrected chi connectivity index (χ4v) is 2.84. The molecule has 0 spiro atoms. The Hall–Kier alpha value is -2.82. The molecule has 2 aromatic rings. The van der Waals surface area contributed by atoms with E-state index in [1.165, 1.54) is 11.1 Å². The van der Waals surface area contributed by atoms with Crippen LogP contribution in [0.3, 0.4) is 0 Å². The minimum atomic E-state index is 0.118. The van der Waals surface area contributed by atoms with E-state index in [1.807, 2.05) is 42.5 Å². The molecule has 0 fully saturated rings. The van der Waals surface area contributed by atoms with Gasteiger partial charge < -0.3 is 16.0 Å². The molecule has 0 aliphatic carbocycles. The zero-order valence-electron chi connectivity index (χ0n) is 14.0. The average Bonchev–Trinajstić information content (AvgIpc) is 2.87. The second kappa shape index (κ2) is 6.74. The molecule has 1 amide bonds. The van der Waals surface area contributed by atoms with Gasteiger partial charge in [-0.2, -0.15) is 0 Å². The maximum absolute atomic E-state index is 12.1. The molecular weight excluding hydrogens is 300 g/mol. The van der Waals surface area contributed by atoms with Crippen molar-refractivity contribution in [3.8, 4) is 0 Å². The molecule has 124 valence electrons. The molecule has 0 aromatic heterocycles. The smallest absolute Gasteiger partial charge is 0.231 e. The summed E-state index contributed by atoms with van der Waals surface area (Å²) >= 11 is 0. The number of amides is 1. The summed E-state index contributed by atoms with van der Waals surface area (Å²) in [6, 6.07) is 13.9. The molecule has 0 saturated carbocycles. The van der Waals surface area contributed by atoms with Crippen molar-refractivity contribution in [1.82, 2.24) is 0 Å². The van der Waals surface area contributed by atoms with E-state index in [1.54, 1.807) is 4.90 Å². The predicted octanol–water partition coefficient (Wildman–Crippen LogP) is 2.62. The molecule has 0 bridgehead atoms. The van der Waals surface area contributed by atoms with Crippen LogP contribution in [0.4, 0.5) is 11.4 Å². The number of nitrogens with zero attached hydrogens (tertiary/aromatic N) is 2. The van der Waals surface area contributed by atoms with E-state index in [-0.39, 0.29) is 5.91 Å². The fourth-order valence-electron chi connectivity index (χ4n) is 2.84. The first-order chi connectivity index (χ1) is 11.5. The van der Waals surface area contributed by atoms with Crippen molar-refractivity contribution in [2.24, 2.45) is 10.7 Å². The Labute approximate surface area is 142 Å². The first kappa shape index (κ1) is 16.1. The van der Waals surface area contributed by atoms with Gasteiger partial charge in [-0.05, 0) is 48.7 Å². The summed E-state index contributed by atoms with van der Waals surface area (Å²) in [5.74, 6) is 0.477. The van der Waals surface area contributed by atoms with E-state index < -0.39 is 0 Å². The number of aliphatic imine (C=N–C) groups is 1. The van der Waals surface area contributed by atoms with Crippen LogP contribution >= 0.6 is 0 Å². The third-order valence-corrected chi connectivity index (χ3v) is 4.31. The van der Waals surface area contributed by atoms with E-state index in [4.69, 9.17) is 5.73 Å². The van der Waals surface area contributed by atoms with E-state index >= 15 is 0 Å². The lowest BCUT2D eigenvalue weighted by atomic mass is 10.1. The molecule has 1 aliphatic heterocycles. The van der Waals surface area contributed by atoms with Crippen LogP contribution in [-0.2, 0) is 11.2 Å². The Bertz CT molecular complexity index is 798. The Morgan fingerprint density at radius 1 is 1.21 bits per heavy atom. The highest BCUT2D eigenvalue weighted by molar-refractivity contribution is 6.01. The molecule has 2 aromatic carbocycles. The fraction of sp³-hybridized carbons (Fsp3) is 0.263. The van der Waals surface area contributed by atoms with Gasteiger partial charge in [0, 0.05) is 17.9 Å². The van der Waals surface area contributed by atoms with Crippen LogP contribution in [0.5, 0.6) is 0 Å². The number of rotatable bonds is 4. The summed E-state index contributed by atoms with van der Waals surface area (Å²) in [4.78, 5) is 18.2. The Kier molecular flexibility index (Phi) is 4.51. The lowest BCUT2D eigenvalue weighted by Gasteiger charge is -2.16. The van der Waals surface area contributed by atoms with Gasteiger partial charge in [-0.1, -0.05) is 24.3 Å². The average molecular weight is 322 g/mol. The van der Waals surface area contributed by atoms with Crippen LogP contribution in [0.15, 0.2) is 47.5 Å². The van der Waals surface area contributed by atoms with Crippen LogP contribution in [-0.4, -0.2) is 25.0 Å². The zero-order valence-corrected chi connectivity index (χ0v) is 14.0. The SMILES string of the molecule is Cc1ccc(NC(N)=NCCN2C(=O)Cc3ccccc32)cc1C. The number of carbonyl (C=O) groups excluding carboxylic acids is 1. The molecule has 0 unspecified atom stereocenters. The van der Waals surface area contributed by atoms with Gasteiger partial charge in [0.15, 0.2) is 5.96 Å². The van der Waals surface area contributed by atoms with Crippen LogP contribution < -0.4 is 16.0 Å². The molecule has 3 rings (SSSR count). The first-order valence-corrected chi connectivity index (χ1v) is 8.07. The topological polar surface area (TPSA) is 70.7 Å². The number of fused-ring (bicyclic) bond motifs is 1. The van der Waals surface area contributed by atoms with E-state index in [9.17, 15) is 4.79 Å². The van der Waals surface area contributed by atoms with Crippen molar-refractivity contribution >= 4 is 23.2 Å². The minimum Gasteiger partial charge on any atom is -0.370 e. The van der Waals surface area contributed by atoms with Crippen molar-refractivity contribution in [1.29, 1.82) is 0 Å². The van der Waals surface area contributed by atoms with Crippen LogP contribution in [0, 0.1) is 13.8 Å². The summed E-state index contributed by atoms with van der Waals surface area (Å²) < 4.78 is 0. The van der Waals surface area contributed by atoms with Crippen molar-refractivity contribution in [3.63, 3.8) is 0 Å². The summed E-state index contributed by atoms with van der Waals surface area (Å²) in [5.41, 5.74) is 11.4. The number of para-hydroxylation sites is 1. The monoisotopic (exact) mass is 322 g/mol. The predicted molar refractivity (Wildman–Crippen MR) is 98.5 cm³/mol. The van der Waals surface area contributed by atoms with Gasteiger partial charge in [-0.25, -0.2) is 0 Å². The van der Waals surface area contributed by atoms with Crippen LogP contribution in [0.1, 0.15) is 16.7 Å². The summed E-state index contributed by atoms with van der Waals surface area (Å²) in [6.45, 7) is 5.13. The number of hydrogen-bond acceptors (Lipinski definition) is 2.